The monoisotopic (exact) mass is 297 g/mol. The lowest BCUT2D eigenvalue weighted by molar-refractivity contribution is 0.100. The summed E-state index contributed by atoms with van der Waals surface area (Å²) in [6.07, 6.45) is 4.38. The van der Waals surface area contributed by atoms with Crippen LogP contribution in [-0.4, -0.2) is 33.7 Å². The summed E-state index contributed by atoms with van der Waals surface area (Å²) in [4.78, 5) is 13.6. The predicted octanol–water partition coefficient (Wildman–Crippen LogP) is 1.15. The number of rotatable bonds is 4. The molecule has 3 N–H and O–H groups in total. The molecule has 0 aromatic heterocycles. The summed E-state index contributed by atoms with van der Waals surface area (Å²) in [6.45, 7) is 1.70. The second-order valence-corrected chi connectivity index (χ2v) is 6.77. The number of nitrogens with two attached hydrogens (primary N) is 1. The van der Waals surface area contributed by atoms with E-state index < -0.39 is 15.9 Å². The Hall–Kier alpha value is -1.76. The summed E-state index contributed by atoms with van der Waals surface area (Å²) >= 11 is 0. The maximum atomic E-state index is 11.5. The third-order valence-electron chi connectivity index (χ3n) is 3.26. The van der Waals surface area contributed by atoms with Crippen LogP contribution in [0.1, 0.15) is 29.6 Å². The van der Waals surface area contributed by atoms with Crippen LogP contribution in [0.4, 0.5) is 11.4 Å². The van der Waals surface area contributed by atoms with E-state index in [1.165, 1.54) is 6.42 Å². The molecule has 0 spiro atoms. The molecule has 0 bridgehead atoms. The van der Waals surface area contributed by atoms with E-state index in [2.05, 4.69) is 9.62 Å². The van der Waals surface area contributed by atoms with Gasteiger partial charge in [0.2, 0.25) is 10.0 Å². The van der Waals surface area contributed by atoms with Crippen molar-refractivity contribution in [2.75, 3.05) is 29.0 Å². The van der Waals surface area contributed by atoms with E-state index in [1.807, 2.05) is 0 Å². The standard InChI is InChI=1S/C13H19N3O3S/c1-20(18,19)15-10-5-6-11(13(14)17)12(9-10)16-7-3-2-4-8-16/h5-6,9,15H,2-4,7-8H2,1H3,(H2,14,17). The highest BCUT2D eigenvalue weighted by Crippen LogP contribution is 2.27. The molecule has 1 aromatic carbocycles. The molecule has 6 nitrogen and oxygen atoms in total. The van der Waals surface area contributed by atoms with Gasteiger partial charge in [0, 0.05) is 13.1 Å². The molecule has 1 aromatic rings. The van der Waals surface area contributed by atoms with Crippen molar-refractivity contribution >= 4 is 27.3 Å². The molecule has 1 heterocycles. The van der Waals surface area contributed by atoms with Gasteiger partial charge in [0.05, 0.1) is 23.2 Å². The Balaban J connectivity index is 2.38. The molecule has 1 amide bonds. The number of benzene rings is 1. The number of nitrogens with zero attached hydrogens (tertiary/aromatic N) is 1. The minimum Gasteiger partial charge on any atom is -0.371 e. The van der Waals surface area contributed by atoms with Crippen molar-refractivity contribution in [1.29, 1.82) is 0 Å². The summed E-state index contributed by atoms with van der Waals surface area (Å²) in [5.41, 5.74) is 6.96. The lowest BCUT2D eigenvalue weighted by atomic mass is 10.1. The van der Waals surface area contributed by atoms with Crippen molar-refractivity contribution < 1.29 is 13.2 Å². The first-order valence-electron chi connectivity index (χ1n) is 6.53. The molecular formula is C13H19N3O3S. The Morgan fingerprint density at radius 3 is 2.45 bits per heavy atom. The summed E-state index contributed by atoms with van der Waals surface area (Å²) in [7, 11) is -3.34. The van der Waals surface area contributed by atoms with Gasteiger partial charge < -0.3 is 10.6 Å². The van der Waals surface area contributed by atoms with Crippen LogP contribution in [0.15, 0.2) is 18.2 Å². The molecule has 0 radical (unpaired) electrons. The summed E-state index contributed by atoms with van der Waals surface area (Å²) in [6, 6.07) is 4.79. The molecule has 1 fully saturated rings. The molecule has 20 heavy (non-hydrogen) atoms. The number of hydrogen-bond acceptors (Lipinski definition) is 4. The number of sulfonamides is 1. The number of hydrogen-bond donors (Lipinski definition) is 2. The van der Waals surface area contributed by atoms with Crippen molar-refractivity contribution in [3.8, 4) is 0 Å². The Kier molecular flexibility index (Phi) is 4.17. The molecule has 1 aliphatic rings. The van der Waals surface area contributed by atoms with Gasteiger partial charge >= 0.3 is 0 Å². The topological polar surface area (TPSA) is 92.5 Å². The van der Waals surface area contributed by atoms with Crippen LogP contribution < -0.4 is 15.4 Å². The van der Waals surface area contributed by atoms with Crippen LogP contribution in [0.2, 0.25) is 0 Å². The molecule has 1 saturated heterocycles. The average Bonchev–Trinajstić information content (AvgIpc) is 2.37. The molecule has 110 valence electrons. The number of amides is 1. The fourth-order valence-electron chi connectivity index (χ4n) is 2.41. The predicted molar refractivity (Wildman–Crippen MR) is 79.5 cm³/mol. The molecular weight excluding hydrogens is 278 g/mol. The molecule has 2 rings (SSSR count). The number of carbonyl (C=O) groups excluding carboxylic acids is 1. The van der Waals surface area contributed by atoms with E-state index in [9.17, 15) is 13.2 Å². The number of nitrogens with one attached hydrogen (secondary N) is 1. The lowest BCUT2D eigenvalue weighted by Gasteiger charge is -2.30. The molecule has 7 heteroatoms. The van der Waals surface area contributed by atoms with Crippen molar-refractivity contribution in [3.05, 3.63) is 23.8 Å². The Bertz CT molecular complexity index is 607. The summed E-state index contributed by atoms with van der Waals surface area (Å²) in [5.74, 6) is -0.503. The van der Waals surface area contributed by atoms with Gasteiger partial charge in [-0.25, -0.2) is 8.42 Å². The number of anilines is 2. The Labute approximate surface area is 119 Å². The zero-order chi connectivity index (χ0) is 14.8. The van der Waals surface area contributed by atoms with E-state index in [0.717, 1.165) is 32.2 Å². The van der Waals surface area contributed by atoms with Gasteiger partial charge in [0.15, 0.2) is 0 Å². The highest BCUT2D eigenvalue weighted by molar-refractivity contribution is 7.92. The third kappa shape index (κ3) is 3.63. The van der Waals surface area contributed by atoms with Crippen LogP contribution in [0.3, 0.4) is 0 Å². The summed E-state index contributed by atoms with van der Waals surface area (Å²) in [5, 5.41) is 0. The second kappa shape index (κ2) is 5.70. The van der Waals surface area contributed by atoms with Crippen LogP contribution in [0.5, 0.6) is 0 Å². The van der Waals surface area contributed by atoms with Gasteiger partial charge in [-0.05, 0) is 37.5 Å². The molecule has 0 atom stereocenters. The Morgan fingerprint density at radius 1 is 1.25 bits per heavy atom. The zero-order valence-electron chi connectivity index (χ0n) is 11.4. The normalized spacial score (nSPS) is 15.9. The number of carbonyl (C=O) groups is 1. The van der Waals surface area contributed by atoms with Gasteiger partial charge in [-0.2, -0.15) is 0 Å². The van der Waals surface area contributed by atoms with E-state index in [0.29, 0.717) is 16.9 Å². The first-order valence-corrected chi connectivity index (χ1v) is 8.42. The second-order valence-electron chi connectivity index (χ2n) is 5.02. The van der Waals surface area contributed by atoms with E-state index in [-0.39, 0.29) is 0 Å². The number of primary amides is 1. The van der Waals surface area contributed by atoms with Crippen LogP contribution in [0.25, 0.3) is 0 Å². The van der Waals surface area contributed by atoms with E-state index in [4.69, 9.17) is 5.73 Å². The van der Waals surface area contributed by atoms with Gasteiger partial charge in [-0.3, -0.25) is 9.52 Å². The van der Waals surface area contributed by atoms with Crippen LogP contribution in [0, 0.1) is 0 Å². The molecule has 1 aliphatic heterocycles. The van der Waals surface area contributed by atoms with Crippen LogP contribution in [-0.2, 0) is 10.0 Å². The maximum absolute atomic E-state index is 11.5. The maximum Gasteiger partial charge on any atom is 0.250 e. The average molecular weight is 297 g/mol. The molecule has 0 aliphatic carbocycles. The third-order valence-corrected chi connectivity index (χ3v) is 3.87. The molecule has 0 saturated carbocycles. The highest BCUT2D eigenvalue weighted by atomic mass is 32.2. The SMILES string of the molecule is CS(=O)(=O)Nc1ccc(C(N)=O)c(N2CCCCC2)c1. The fraction of sp³-hybridized carbons (Fsp3) is 0.462. The first kappa shape index (κ1) is 14.6. The highest BCUT2D eigenvalue weighted by Gasteiger charge is 2.18. The van der Waals surface area contributed by atoms with Crippen molar-refractivity contribution in [1.82, 2.24) is 0 Å². The quantitative estimate of drug-likeness (QED) is 0.872. The first-order chi connectivity index (χ1) is 9.37. The fourth-order valence-corrected chi connectivity index (χ4v) is 2.97. The summed E-state index contributed by atoms with van der Waals surface area (Å²) < 4.78 is 25.0. The lowest BCUT2D eigenvalue weighted by Crippen LogP contribution is -2.31. The van der Waals surface area contributed by atoms with Crippen molar-refractivity contribution in [2.24, 2.45) is 5.73 Å². The zero-order valence-corrected chi connectivity index (χ0v) is 12.2. The van der Waals surface area contributed by atoms with Crippen molar-refractivity contribution in [2.45, 2.75) is 19.3 Å². The number of piperidine rings is 1. The van der Waals surface area contributed by atoms with E-state index >= 15 is 0 Å². The van der Waals surface area contributed by atoms with Gasteiger partial charge in [0.1, 0.15) is 0 Å². The minimum absolute atomic E-state index is 0.422. The molecule has 0 unspecified atom stereocenters. The smallest absolute Gasteiger partial charge is 0.250 e. The largest absolute Gasteiger partial charge is 0.371 e. The van der Waals surface area contributed by atoms with Gasteiger partial charge in [-0.15, -0.1) is 0 Å². The van der Waals surface area contributed by atoms with Gasteiger partial charge in [-0.1, -0.05) is 0 Å². The van der Waals surface area contributed by atoms with Gasteiger partial charge in [0.25, 0.3) is 5.91 Å². The van der Waals surface area contributed by atoms with Crippen LogP contribution >= 0.6 is 0 Å². The van der Waals surface area contributed by atoms with Crippen molar-refractivity contribution in [3.63, 3.8) is 0 Å². The minimum atomic E-state index is -3.34. The van der Waals surface area contributed by atoms with E-state index in [1.54, 1.807) is 18.2 Å². The Morgan fingerprint density at radius 2 is 1.90 bits per heavy atom.